The number of halogens is 2. The topological polar surface area (TPSA) is 56.1 Å². The normalized spacial score (nSPS) is 10.8. The molecule has 0 aliphatic carbocycles. The fraction of sp³-hybridized carbons (Fsp3) is 0.222. The van der Waals surface area contributed by atoms with Crippen LogP contribution in [0.5, 0.6) is 0 Å². The van der Waals surface area contributed by atoms with E-state index < -0.39 is 0 Å². The zero-order chi connectivity index (χ0) is 17.8. The van der Waals surface area contributed by atoms with Gasteiger partial charge >= 0.3 is 0 Å². The highest BCUT2D eigenvalue weighted by Gasteiger charge is 2.19. The number of carbonyl (C=O) groups excluding carboxylic acids is 1. The molecule has 3 aromatic rings. The Morgan fingerprint density at radius 1 is 1.28 bits per heavy atom. The lowest BCUT2D eigenvalue weighted by molar-refractivity contribution is -0.115. The largest absolute Gasteiger partial charge is 0.412 e. The van der Waals surface area contributed by atoms with Crippen molar-refractivity contribution in [2.75, 3.05) is 11.9 Å². The summed E-state index contributed by atoms with van der Waals surface area (Å²) in [6.45, 7) is 2.56. The molecule has 0 saturated carbocycles. The summed E-state index contributed by atoms with van der Waals surface area (Å²) in [5, 5.41) is 4.46. The van der Waals surface area contributed by atoms with Gasteiger partial charge in [-0.15, -0.1) is 0 Å². The van der Waals surface area contributed by atoms with Crippen molar-refractivity contribution in [1.29, 1.82) is 0 Å². The number of fused-ring (bicyclic) bond motifs is 1. The first kappa shape index (κ1) is 17.6. The van der Waals surface area contributed by atoms with Crippen LogP contribution >= 0.6 is 23.2 Å². The van der Waals surface area contributed by atoms with Gasteiger partial charge in [0.2, 0.25) is 5.91 Å². The molecule has 7 heteroatoms. The van der Waals surface area contributed by atoms with Crippen molar-refractivity contribution in [3.8, 4) is 0 Å². The van der Waals surface area contributed by atoms with Crippen molar-refractivity contribution in [2.24, 2.45) is 0 Å². The first-order valence-electron chi connectivity index (χ1n) is 7.92. The highest BCUT2D eigenvalue weighted by Crippen LogP contribution is 2.30. The maximum atomic E-state index is 12.5. The molecule has 0 radical (unpaired) electrons. The Balaban J connectivity index is 1.89. The van der Waals surface area contributed by atoms with Crippen molar-refractivity contribution >= 4 is 45.7 Å². The van der Waals surface area contributed by atoms with Gasteiger partial charge in [-0.2, -0.15) is 4.73 Å². The first-order valence-corrected chi connectivity index (χ1v) is 8.68. The molecule has 0 bridgehead atoms. The predicted molar refractivity (Wildman–Crippen MR) is 100 cm³/mol. The third-order valence-corrected chi connectivity index (χ3v) is 4.37. The van der Waals surface area contributed by atoms with Crippen molar-refractivity contribution in [3.63, 3.8) is 0 Å². The second-order valence-corrected chi connectivity index (χ2v) is 6.26. The average molecular weight is 378 g/mol. The summed E-state index contributed by atoms with van der Waals surface area (Å²) in [6, 6.07) is 9.30. The molecule has 0 aliphatic rings. The summed E-state index contributed by atoms with van der Waals surface area (Å²) in [6.07, 6.45) is 4.02. The predicted octanol–water partition coefficient (Wildman–Crippen LogP) is 4.36. The Morgan fingerprint density at radius 3 is 2.84 bits per heavy atom. The lowest BCUT2D eigenvalue weighted by atomic mass is 10.1. The van der Waals surface area contributed by atoms with Crippen LogP contribution in [0.15, 0.2) is 42.7 Å². The monoisotopic (exact) mass is 377 g/mol. The molecular formula is C18H17Cl2N3O2. The number of rotatable bonds is 6. The number of hydrogen-bond donors (Lipinski definition) is 1. The fourth-order valence-corrected chi connectivity index (χ4v) is 3.03. The van der Waals surface area contributed by atoms with Gasteiger partial charge in [-0.3, -0.25) is 9.78 Å². The van der Waals surface area contributed by atoms with Crippen LogP contribution in [0.25, 0.3) is 10.9 Å². The molecule has 1 aromatic carbocycles. The zero-order valence-electron chi connectivity index (χ0n) is 13.6. The second kappa shape index (κ2) is 7.76. The summed E-state index contributed by atoms with van der Waals surface area (Å²) >= 11 is 12.5. The molecule has 1 N–H and O–H groups in total. The highest BCUT2D eigenvalue weighted by molar-refractivity contribution is 6.34. The Bertz CT molecular complexity index is 908. The molecule has 5 nitrogen and oxygen atoms in total. The van der Waals surface area contributed by atoms with Gasteiger partial charge in [-0.25, -0.2) is 0 Å². The number of nitrogens with one attached hydrogen (secondary N) is 1. The van der Waals surface area contributed by atoms with E-state index in [9.17, 15) is 4.79 Å². The van der Waals surface area contributed by atoms with Gasteiger partial charge in [-0.1, -0.05) is 48.3 Å². The Labute approximate surface area is 155 Å². The van der Waals surface area contributed by atoms with Gasteiger partial charge in [0, 0.05) is 23.3 Å². The van der Waals surface area contributed by atoms with E-state index in [2.05, 4.69) is 10.3 Å². The number of amides is 1. The van der Waals surface area contributed by atoms with E-state index >= 15 is 0 Å². The van der Waals surface area contributed by atoms with E-state index in [0.29, 0.717) is 22.5 Å². The van der Waals surface area contributed by atoms with Crippen LogP contribution in [-0.4, -0.2) is 22.2 Å². The van der Waals surface area contributed by atoms with E-state index in [-0.39, 0.29) is 12.3 Å². The molecule has 3 rings (SSSR count). The van der Waals surface area contributed by atoms with Gasteiger partial charge in [0.25, 0.3) is 0 Å². The smallest absolute Gasteiger partial charge is 0.228 e. The molecule has 0 aliphatic heterocycles. The molecule has 1 amide bonds. The number of hydrogen-bond acceptors (Lipinski definition) is 3. The Morgan fingerprint density at radius 2 is 2.08 bits per heavy atom. The molecule has 25 heavy (non-hydrogen) atoms. The van der Waals surface area contributed by atoms with Gasteiger partial charge in [-0.05, 0) is 18.6 Å². The summed E-state index contributed by atoms with van der Waals surface area (Å²) in [5.41, 5.74) is 2.07. The number of anilines is 1. The van der Waals surface area contributed by atoms with Crippen molar-refractivity contribution in [1.82, 2.24) is 9.71 Å². The number of para-hydroxylation sites is 1. The minimum absolute atomic E-state index is 0.112. The summed E-state index contributed by atoms with van der Waals surface area (Å²) in [5.74, 6) is -0.214. The van der Waals surface area contributed by atoms with Gasteiger partial charge in [0.05, 0.1) is 22.6 Å². The molecule has 130 valence electrons. The lowest BCUT2D eigenvalue weighted by Crippen LogP contribution is -2.16. The molecule has 0 spiro atoms. The van der Waals surface area contributed by atoms with Crippen LogP contribution in [0, 0.1) is 0 Å². The van der Waals surface area contributed by atoms with Crippen LogP contribution in [-0.2, 0) is 11.2 Å². The molecule has 0 fully saturated rings. The number of pyridine rings is 1. The molecule has 0 saturated heterocycles. The zero-order valence-corrected chi connectivity index (χ0v) is 15.1. The van der Waals surface area contributed by atoms with E-state index in [1.807, 2.05) is 31.2 Å². The number of benzene rings is 1. The quantitative estimate of drug-likeness (QED) is 0.693. The molecule has 2 aromatic heterocycles. The van der Waals surface area contributed by atoms with E-state index in [1.165, 1.54) is 6.20 Å². The summed E-state index contributed by atoms with van der Waals surface area (Å²) in [7, 11) is 0. The van der Waals surface area contributed by atoms with Gasteiger partial charge in [0.15, 0.2) is 5.15 Å². The van der Waals surface area contributed by atoms with Crippen molar-refractivity contribution in [3.05, 3.63) is 58.5 Å². The molecule has 2 heterocycles. The number of nitrogens with zero attached hydrogens (tertiary/aromatic N) is 2. The maximum Gasteiger partial charge on any atom is 0.228 e. The third kappa shape index (κ3) is 3.72. The number of aromatic nitrogens is 2. The van der Waals surface area contributed by atoms with E-state index in [4.69, 9.17) is 28.0 Å². The molecule has 0 atom stereocenters. The third-order valence-electron chi connectivity index (χ3n) is 3.68. The van der Waals surface area contributed by atoms with Crippen LogP contribution in [0.2, 0.25) is 10.2 Å². The molecular weight excluding hydrogens is 361 g/mol. The van der Waals surface area contributed by atoms with Crippen LogP contribution in [0.4, 0.5) is 5.69 Å². The van der Waals surface area contributed by atoms with E-state index in [1.54, 1.807) is 17.0 Å². The maximum absolute atomic E-state index is 12.5. The standard InChI is InChI=1S/C18H17Cl2N3O2/c1-2-9-25-23-16-6-4-3-5-12(16)13(18(23)20)10-17(24)22-15-7-8-21-11-14(15)19/h3-8,11H,2,9-10H2,1H3,(H,21,22,24). The minimum atomic E-state index is -0.214. The van der Waals surface area contributed by atoms with Crippen LogP contribution in [0.1, 0.15) is 18.9 Å². The van der Waals surface area contributed by atoms with Crippen molar-refractivity contribution < 1.29 is 9.63 Å². The minimum Gasteiger partial charge on any atom is -0.412 e. The number of carbonyl (C=O) groups is 1. The van der Waals surface area contributed by atoms with Crippen LogP contribution in [0.3, 0.4) is 0 Å². The summed E-state index contributed by atoms with van der Waals surface area (Å²) < 4.78 is 1.59. The Hall–Kier alpha value is -2.24. The van der Waals surface area contributed by atoms with Crippen molar-refractivity contribution in [2.45, 2.75) is 19.8 Å². The average Bonchev–Trinajstić information content (AvgIpc) is 2.87. The fourth-order valence-electron chi connectivity index (χ4n) is 2.55. The second-order valence-electron chi connectivity index (χ2n) is 5.49. The van der Waals surface area contributed by atoms with E-state index in [0.717, 1.165) is 22.9 Å². The summed E-state index contributed by atoms with van der Waals surface area (Å²) in [4.78, 5) is 22.1. The van der Waals surface area contributed by atoms with Crippen LogP contribution < -0.4 is 10.2 Å². The highest BCUT2D eigenvalue weighted by atomic mass is 35.5. The van der Waals surface area contributed by atoms with Gasteiger partial charge in [0.1, 0.15) is 6.61 Å². The SMILES string of the molecule is CCCOn1c(Cl)c(CC(=O)Nc2ccncc2Cl)c2ccccc21. The molecule has 0 unspecified atom stereocenters. The lowest BCUT2D eigenvalue weighted by Gasteiger charge is -2.08. The first-order chi connectivity index (χ1) is 12.1. The Kier molecular flexibility index (Phi) is 5.46. The van der Waals surface area contributed by atoms with Gasteiger partial charge < -0.3 is 10.2 Å².